The molecule has 0 aromatic carbocycles. The number of hydrogen-bond donors (Lipinski definition) is 1. The van der Waals surface area contributed by atoms with Crippen molar-refractivity contribution in [3.8, 4) is 0 Å². The molecule has 0 saturated carbocycles. The van der Waals surface area contributed by atoms with Crippen LogP contribution in [0.3, 0.4) is 0 Å². The molecule has 1 saturated heterocycles. The topological polar surface area (TPSA) is 21.3 Å². The summed E-state index contributed by atoms with van der Waals surface area (Å²) in [4.78, 5) is 0. The second kappa shape index (κ2) is 3.71. The molecular formula is C10H23NOSi. The van der Waals surface area contributed by atoms with E-state index in [2.05, 4.69) is 39.2 Å². The van der Waals surface area contributed by atoms with E-state index in [1.165, 1.54) is 6.42 Å². The fourth-order valence-electron chi connectivity index (χ4n) is 1.32. The van der Waals surface area contributed by atoms with Crippen LogP contribution in [-0.4, -0.2) is 27.5 Å². The van der Waals surface area contributed by atoms with Gasteiger partial charge in [-0.2, -0.15) is 0 Å². The van der Waals surface area contributed by atoms with Gasteiger partial charge in [-0.3, -0.25) is 0 Å². The third kappa shape index (κ3) is 2.79. The molecule has 0 radical (unpaired) electrons. The third-order valence-electron chi connectivity index (χ3n) is 3.28. The fraction of sp³-hybridized carbons (Fsp3) is 1.00. The van der Waals surface area contributed by atoms with Crippen LogP contribution in [0, 0.1) is 0 Å². The Morgan fingerprint density at radius 1 is 1.31 bits per heavy atom. The van der Waals surface area contributed by atoms with Crippen molar-refractivity contribution in [2.45, 2.75) is 51.4 Å². The van der Waals surface area contributed by atoms with E-state index in [1.807, 2.05) is 0 Å². The van der Waals surface area contributed by atoms with Crippen molar-refractivity contribution < 1.29 is 4.43 Å². The van der Waals surface area contributed by atoms with Crippen LogP contribution in [0.5, 0.6) is 0 Å². The van der Waals surface area contributed by atoms with E-state index < -0.39 is 8.32 Å². The van der Waals surface area contributed by atoms with Crippen LogP contribution in [-0.2, 0) is 4.43 Å². The summed E-state index contributed by atoms with van der Waals surface area (Å²) in [6.07, 6.45) is 1.66. The summed E-state index contributed by atoms with van der Waals surface area (Å²) in [7, 11) is -1.51. The average Bonchev–Trinajstić information content (AvgIpc) is 2.35. The Labute approximate surface area is 83.2 Å². The highest BCUT2D eigenvalue weighted by Gasteiger charge is 2.39. The fourth-order valence-corrected chi connectivity index (χ4v) is 2.71. The number of rotatable bonds is 2. The summed E-state index contributed by atoms with van der Waals surface area (Å²) in [6.45, 7) is 13.7. The highest BCUT2D eigenvalue weighted by atomic mass is 28.4. The maximum absolute atomic E-state index is 6.24. The van der Waals surface area contributed by atoms with Crippen molar-refractivity contribution in [3.05, 3.63) is 0 Å². The predicted molar refractivity (Wildman–Crippen MR) is 59.6 cm³/mol. The molecule has 0 aliphatic carbocycles. The Morgan fingerprint density at radius 2 is 1.92 bits per heavy atom. The smallest absolute Gasteiger partial charge is 0.192 e. The minimum atomic E-state index is -1.51. The average molecular weight is 201 g/mol. The van der Waals surface area contributed by atoms with Gasteiger partial charge in [-0.15, -0.1) is 0 Å². The summed E-state index contributed by atoms with van der Waals surface area (Å²) in [5, 5.41) is 3.69. The molecule has 1 N–H and O–H groups in total. The molecule has 0 bridgehead atoms. The van der Waals surface area contributed by atoms with Crippen LogP contribution in [0.1, 0.15) is 27.2 Å². The molecule has 0 aromatic rings. The minimum absolute atomic E-state index is 0.343. The van der Waals surface area contributed by atoms with Gasteiger partial charge in [0.05, 0.1) is 6.10 Å². The van der Waals surface area contributed by atoms with Crippen LogP contribution >= 0.6 is 0 Å². The normalized spacial score (nSPS) is 25.2. The number of hydrogen-bond acceptors (Lipinski definition) is 2. The van der Waals surface area contributed by atoms with Crippen molar-refractivity contribution in [1.82, 2.24) is 5.32 Å². The van der Waals surface area contributed by atoms with Crippen LogP contribution in [0.4, 0.5) is 0 Å². The second-order valence-corrected chi connectivity index (χ2v) is 10.2. The van der Waals surface area contributed by atoms with E-state index in [0.717, 1.165) is 13.1 Å². The van der Waals surface area contributed by atoms with Crippen molar-refractivity contribution in [3.63, 3.8) is 0 Å². The highest BCUT2D eigenvalue weighted by molar-refractivity contribution is 6.74. The van der Waals surface area contributed by atoms with E-state index in [0.29, 0.717) is 11.1 Å². The molecule has 78 valence electrons. The van der Waals surface area contributed by atoms with Gasteiger partial charge in [0.1, 0.15) is 0 Å². The predicted octanol–water partition coefficient (Wildman–Crippen LogP) is 2.37. The van der Waals surface area contributed by atoms with Crippen LogP contribution in [0.2, 0.25) is 18.1 Å². The van der Waals surface area contributed by atoms with Crippen molar-refractivity contribution in [2.75, 3.05) is 13.1 Å². The first-order valence-electron chi connectivity index (χ1n) is 5.21. The zero-order valence-electron chi connectivity index (χ0n) is 9.61. The first-order chi connectivity index (χ1) is 5.83. The highest BCUT2D eigenvalue weighted by Crippen LogP contribution is 2.37. The molecule has 13 heavy (non-hydrogen) atoms. The standard InChI is InChI=1S/C10H23NOSi/c1-10(2,3)13(4,5)12-9-6-7-11-8-9/h9,11H,6-8H2,1-5H3/t9-/m1/s1. The Balaban J connectivity index is 2.50. The van der Waals surface area contributed by atoms with Crippen molar-refractivity contribution in [2.24, 2.45) is 0 Å². The summed E-state index contributed by atoms with van der Waals surface area (Å²) in [5.41, 5.74) is 0. The first-order valence-corrected chi connectivity index (χ1v) is 8.12. The first kappa shape index (κ1) is 11.2. The molecule has 0 amide bonds. The van der Waals surface area contributed by atoms with Crippen molar-refractivity contribution in [1.29, 1.82) is 0 Å². The van der Waals surface area contributed by atoms with Gasteiger partial charge in [0.25, 0.3) is 0 Å². The Hall–Kier alpha value is 0.137. The molecular weight excluding hydrogens is 178 g/mol. The van der Waals surface area contributed by atoms with Crippen LogP contribution < -0.4 is 5.32 Å². The van der Waals surface area contributed by atoms with Crippen molar-refractivity contribution >= 4 is 8.32 Å². The van der Waals surface area contributed by atoms with Crippen LogP contribution in [0.15, 0.2) is 0 Å². The molecule has 2 nitrogen and oxygen atoms in total. The number of nitrogens with one attached hydrogen (secondary N) is 1. The van der Waals surface area contributed by atoms with Gasteiger partial charge in [-0.25, -0.2) is 0 Å². The lowest BCUT2D eigenvalue weighted by Gasteiger charge is -2.38. The van der Waals surface area contributed by atoms with Gasteiger partial charge in [0, 0.05) is 6.54 Å². The van der Waals surface area contributed by atoms with Gasteiger partial charge in [-0.1, -0.05) is 20.8 Å². The van der Waals surface area contributed by atoms with Gasteiger partial charge >= 0.3 is 0 Å². The SMILES string of the molecule is CC(C)(C)[Si](C)(C)O[C@@H]1CCNC1. The van der Waals surface area contributed by atoms with Crippen LogP contribution in [0.25, 0.3) is 0 Å². The molecule has 1 aliphatic heterocycles. The van der Waals surface area contributed by atoms with Gasteiger partial charge in [0.2, 0.25) is 0 Å². The molecule has 0 unspecified atom stereocenters. The maximum Gasteiger partial charge on any atom is 0.192 e. The van der Waals surface area contributed by atoms with E-state index in [4.69, 9.17) is 4.43 Å². The van der Waals surface area contributed by atoms with E-state index in [1.54, 1.807) is 0 Å². The molecule has 1 heterocycles. The second-order valence-electron chi connectivity index (χ2n) is 5.49. The van der Waals surface area contributed by atoms with E-state index in [-0.39, 0.29) is 0 Å². The molecule has 1 aliphatic rings. The minimum Gasteiger partial charge on any atom is -0.413 e. The Bertz CT molecular complexity index is 168. The molecule has 1 atom stereocenters. The lowest BCUT2D eigenvalue weighted by atomic mass is 10.2. The Morgan fingerprint density at radius 3 is 2.31 bits per heavy atom. The summed E-state index contributed by atoms with van der Waals surface area (Å²) in [6, 6.07) is 0. The molecule has 1 rings (SSSR count). The molecule has 0 aromatic heterocycles. The third-order valence-corrected chi connectivity index (χ3v) is 7.82. The lowest BCUT2D eigenvalue weighted by molar-refractivity contribution is 0.200. The van der Waals surface area contributed by atoms with E-state index >= 15 is 0 Å². The molecule has 3 heteroatoms. The molecule has 1 fully saturated rings. The largest absolute Gasteiger partial charge is 0.413 e. The quantitative estimate of drug-likeness (QED) is 0.693. The monoisotopic (exact) mass is 201 g/mol. The van der Waals surface area contributed by atoms with Gasteiger partial charge in [0.15, 0.2) is 8.32 Å². The lowest BCUT2D eigenvalue weighted by Crippen LogP contribution is -2.44. The van der Waals surface area contributed by atoms with E-state index in [9.17, 15) is 0 Å². The summed E-state index contributed by atoms with van der Waals surface area (Å²) in [5.74, 6) is 0. The molecule has 0 spiro atoms. The Kier molecular flexibility index (Phi) is 3.20. The summed E-state index contributed by atoms with van der Waals surface area (Å²) >= 11 is 0. The zero-order valence-corrected chi connectivity index (χ0v) is 10.6. The van der Waals surface area contributed by atoms with Gasteiger partial charge < -0.3 is 9.74 Å². The summed E-state index contributed by atoms with van der Waals surface area (Å²) < 4.78 is 6.24. The zero-order chi connectivity index (χ0) is 10.1. The maximum atomic E-state index is 6.24. The van der Waals surface area contributed by atoms with Gasteiger partial charge in [-0.05, 0) is 31.1 Å².